The molecule has 2 aromatic heterocycles. The standard InChI is InChI=1S/C22H26N4O2/c1-12(2)14-4-6-15(7-5-14)18(23)11-24-21(27)17-10-19(16-8-9-16)25-22-20(17)13(3)26-28-22/h4-7,10,12,16,18H,8-9,11,23H2,1-3H3,(H,24,27). The van der Waals surface area contributed by atoms with Crippen LogP contribution in [-0.2, 0) is 0 Å². The Labute approximate surface area is 164 Å². The first kappa shape index (κ1) is 18.6. The Morgan fingerprint density at radius 2 is 1.93 bits per heavy atom. The summed E-state index contributed by atoms with van der Waals surface area (Å²) >= 11 is 0. The molecule has 6 heteroatoms. The van der Waals surface area contributed by atoms with Gasteiger partial charge in [-0.15, -0.1) is 0 Å². The second-order valence-corrected chi connectivity index (χ2v) is 7.95. The van der Waals surface area contributed by atoms with Crippen LogP contribution in [0.2, 0.25) is 0 Å². The van der Waals surface area contributed by atoms with E-state index in [-0.39, 0.29) is 11.9 Å². The molecular weight excluding hydrogens is 352 g/mol. The zero-order valence-electron chi connectivity index (χ0n) is 16.5. The van der Waals surface area contributed by atoms with Gasteiger partial charge in [0.25, 0.3) is 11.6 Å². The fraction of sp³-hybridized carbons (Fsp3) is 0.409. The molecule has 1 fully saturated rings. The number of hydrogen-bond acceptors (Lipinski definition) is 5. The average molecular weight is 378 g/mol. The highest BCUT2D eigenvalue weighted by Crippen LogP contribution is 2.40. The summed E-state index contributed by atoms with van der Waals surface area (Å²) in [5, 5.41) is 7.63. The minimum Gasteiger partial charge on any atom is -0.350 e. The molecule has 6 nitrogen and oxygen atoms in total. The van der Waals surface area contributed by atoms with Crippen molar-refractivity contribution >= 4 is 17.0 Å². The molecule has 1 saturated carbocycles. The van der Waals surface area contributed by atoms with Gasteiger partial charge in [0.2, 0.25) is 0 Å². The number of nitrogens with two attached hydrogens (primary N) is 1. The largest absolute Gasteiger partial charge is 0.350 e. The summed E-state index contributed by atoms with van der Waals surface area (Å²) in [5.74, 6) is 0.726. The fourth-order valence-electron chi connectivity index (χ4n) is 3.42. The summed E-state index contributed by atoms with van der Waals surface area (Å²) in [6, 6.07) is 9.86. The molecule has 4 rings (SSSR count). The lowest BCUT2D eigenvalue weighted by Gasteiger charge is -2.15. The monoisotopic (exact) mass is 378 g/mol. The molecule has 1 aliphatic rings. The molecule has 1 aliphatic carbocycles. The van der Waals surface area contributed by atoms with Crippen molar-refractivity contribution in [3.05, 3.63) is 58.4 Å². The number of hydrogen-bond donors (Lipinski definition) is 2. The van der Waals surface area contributed by atoms with Gasteiger partial charge in [0.05, 0.1) is 16.6 Å². The molecule has 1 amide bonds. The van der Waals surface area contributed by atoms with Gasteiger partial charge in [-0.3, -0.25) is 4.79 Å². The Morgan fingerprint density at radius 1 is 1.25 bits per heavy atom. The van der Waals surface area contributed by atoms with Gasteiger partial charge < -0.3 is 15.6 Å². The van der Waals surface area contributed by atoms with Gasteiger partial charge in [-0.05, 0) is 42.9 Å². The number of aryl methyl sites for hydroxylation is 1. The van der Waals surface area contributed by atoms with E-state index < -0.39 is 0 Å². The van der Waals surface area contributed by atoms with E-state index in [4.69, 9.17) is 10.3 Å². The molecular formula is C22H26N4O2. The van der Waals surface area contributed by atoms with Gasteiger partial charge in [-0.1, -0.05) is 43.3 Å². The first-order valence-corrected chi connectivity index (χ1v) is 9.84. The Kier molecular flexibility index (Phi) is 4.89. The van der Waals surface area contributed by atoms with E-state index >= 15 is 0 Å². The maximum absolute atomic E-state index is 12.9. The first-order chi connectivity index (χ1) is 13.4. The molecule has 0 aliphatic heterocycles. The molecule has 1 atom stereocenters. The summed E-state index contributed by atoms with van der Waals surface area (Å²) in [4.78, 5) is 17.5. The van der Waals surface area contributed by atoms with E-state index in [0.29, 0.717) is 40.7 Å². The molecule has 146 valence electrons. The Balaban J connectivity index is 1.51. The van der Waals surface area contributed by atoms with Gasteiger partial charge in [0.1, 0.15) is 0 Å². The smallest absolute Gasteiger partial charge is 0.259 e. The van der Waals surface area contributed by atoms with E-state index in [1.807, 2.05) is 25.1 Å². The van der Waals surface area contributed by atoms with Crippen LogP contribution >= 0.6 is 0 Å². The van der Waals surface area contributed by atoms with Crippen molar-refractivity contribution in [2.45, 2.75) is 51.5 Å². The maximum Gasteiger partial charge on any atom is 0.259 e. The molecule has 0 radical (unpaired) electrons. The van der Waals surface area contributed by atoms with Crippen molar-refractivity contribution in [3.8, 4) is 0 Å². The summed E-state index contributed by atoms with van der Waals surface area (Å²) in [6.07, 6.45) is 2.20. The summed E-state index contributed by atoms with van der Waals surface area (Å²) < 4.78 is 5.32. The molecule has 0 saturated heterocycles. The van der Waals surface area contributed by atoms with E-state index in [2.05, 4.69) is 41.4 Å². The normalized spacial score (nSPS) is 15.2. The quantitative estimate of drug-likeness (QED) is 0.677. The maximum atomic E-state index is 12.9. The van der Waals surface area contributed by atoms with Gasteiger partial charge in [0, 0.05) is 24.2 Å². The van der Waals surface area contributed by atoms with Crippen LogP contribution in [-0.4, -0.2) is 22.6 Å². The van der Waals surface area contributed by atoms with Crippen LogP contribution in [0, 0.1) is 6.92 Å². The third-order valence-electron chi connectivity index (χ3n) is 5.39. The van der Waals surface area contributed by atoms with E-state index in [0.717, 1.165) is 24.1 Å². The number of carbonyl (C=O) groups is 1. The highest BCUT2D eigenvalue weighted by atomic mass is 16.5. The predicted molar refractivity (Wildman–Crippen MR) is 108 cm³/mol. The molecule has 0 spiro atoms. The summed E-state index contributed by atoms with van der Waals surface area (Å²) in [5.41, 5.74) is 11.1. The fourth-order valence-corrected chi connectivity index (χ4v) is 3.42. The second kappa shape index (κ2) is 7.36. The van der Waals surface area contributed by atoms with Gasteiger partial charge in [0.15, 0.2) is 0 Å². The number of benzene rings is 1. The zero-order valence-corrected chi connectivity index (χ0v) is 16.5. The van der Waals surface area contributed by atoms with E-state index in [1.54, 1.807) is 0 Å². The topological polar surface area (TPSA) is 94.0 Å². The lowest BCUT2D eigenvalue weighted by atomic mass is 9.99. The molecule has 2 heterocycles. The molecule has 28 heavy (non-hydrogen) atoms. The van der Waals surface area contributed by atoms with Crippen LogP contribution in [0.1, 0.15) is 77.4 Å². The number of fused-ring (bicyclic) bond motifs is 1. The van der Waals surface area contributed by atoms with Crippen molar-refractivity contribution < 1.29 is 9.32 Å². The minimum absolute atomic E-state index is 0.171. The number of aromatic nitrogens is 2. The van der Waals surface area contributed by atoms with Crippen LogP contribution in [0.25, 0.3) is 11.1 Å². The second-order valence-electron chi connectivity index (χ2n) is 7.95. The SMILES string of the molecule is Cc1noc2nc(C3CC3)cc(C(=O)NCC(N)c3ccc(C(C)C)cc3)c12. The van der Waals surface area contributed by atoms with Crippen molar-refractivity contribution in [2.75, 3.05) is 6.54 Å². The van der Waals surface area contributed by atoms with Crippen LogP contribution in [0.5, 0.6) is 0 Å². The Bertz CT molecular complexity index is 1000. The van der Waals surface area contributed by atoms with E-state index in [1.165, 1.54) is 5.56 Å². The first-order valence-electron chi connectivity index (χ1n) is 9.84. The van der Waals surface area contributed by atoms with Gasteiger partial charge in [-0.2, -0.15) is 0 Å². The average Bonchev–Trinajstić information content (AvgIpc) is 3.48. The van der Waals surface area contributed by atoms with E-state index in [9.17, 15) is 4.79 Å². The third kappa shape index (κ3) is 3.64. The molecule has 1 aromatic carbocycles. The molecule has 0 bridgehead atoms. The van der Waals surface area contributed by atoms with Crippen LogP contribution < -0.4 is 11.1 Å². The number of nitrogens with zero attached hydrogens (tertiary/aromatic N) is 2. The van der Waals surface area contributed by atoms with Crippen molar-refractivity contribution in [1.82, 2.24) is 15.5 Å². The van der Waals surface area contributed by atoms with Gasteiger partial charge in [-0.25, -0.2) is 4.98 Å². The van der Waals surface area contributed by atoms with Crippen molar-refractivity contribution in [1.29, 1.82) is 0 Å². The van der Waals surface area contributed by atoms with Crippen LogP contribution in [0.3, 0.4) is 0 Å². The zero-order chi connectivity index (χ0) is 19.8. The molecule has 3 aromatic rings. The molecule has 3 N–H and O–H groups in total. The van der Waals surface area contributed by atoms with Gasteiger partial charge >= 0.3 is 0 Å². The highest BCUT2D eigenvalue weighted by molar-refractivity contribution is 6.06. The lowest BCUT2D eigenvalue weighted by Crippen LogP contribution is -2.32. The minimum atomic E-state index is -0.269. The Hall–Kier alpha value is -2.73. The number of nitrogens with one attached hydrogen (secondary N) is 1. The number of rotatable bonds is 6. The third-order valence-corrected chi connectivity index (χ3v) is 5.39. The highest BCUT2D eigenvalue weighted by Gasteiger charge is 2.28. The molecule has 1 unspecified atom stereocenters. The number of carbonyl (C=O) groups excluding carboxylic acids is 1. The van der Waals surface area contributed by atoms with Crippen molar-refractivity contribution in [2.24, 2.45) is 5.73 Å². The van der Waals surface area contributed by atoms with Crippen molar-refractivity contribution in [3.63, 3.8) is 0 Å². The number of pyridine rings is 1. The summed E-state index contributed by atoms with van der Waals surface area (Å²) in [6.45, 7) is 6.50. The number of amides is 1. The summed E-state index contributed by atoms with van der Waals surface area (Å²) in [7, 11) is 0. The van der Waals surface area contributed by atoms with Crippen LogP contribution in [0.15, 0.2) is 34.9 Å². The lowest BCUT2D eigenvalue weighted by molar-refractivity contribution is 0.0952. The Morgan fingerprint density at radius 3 is 2.57 bits per heavy atom. The van der Waals surface area contributed by atoms with Crippen LogP contribution in [0.4, 0.5) is 0 Å². The predicted octanol–water partition coefficient (Wildman–Crippen LogP) is 3.96.